The number of pyridine rings is 1. The first-order valence-electron chi connectivity index (χ1n) is 9.49. The molecule has 148 valence electrons. The highest BCUT2D eigenvalue weighted by molar-refractivity contribution is 6.32. The summed E-state index contributed by atoms with van der Waals surface area (Å²) in [6.45, 7) is 5.67. The number of carbonyl (C=O) groups is 1. The summed E-state index contributed by atoms with van der Waals surface area (Å²) >= 11 is 6.63. The molecule has 7 heteroatoms. The lowest BCUT2D eigenvalue weighted by molar-refractivity contribution is -0.605. The molecule has 2 aliphatic rings. The van der Waals surface area contributed by atoms with Crippen LogP contribution in [0.1, 0.15) is 40.9 Å². The quantitative estimate of drug-likeness (QED) is 0.583. The highest BCUT2D eigenvalue weighted by atomic mass is 35.5. The average molecular weight is 402 g/mol. The van der Waals surface area contributed by atoms with E-state index in [1.54, 1.807) is 19.2 Å². The van der Waals surface area contributed by atoms with Crippen molar-refractivity contribution in [3.05, 3.63) is 63.6 Å². The molecule has 1 aromatic carbocycles. The largest absolute Gasteiger partial charge is 0.619 e. The summed E-state index contributed by atoms with van der Waals surface area (Å²) in [6.07, 6.45) is 3.70. The van der Waals surface area contributed by atoms with Gasteiger partial charge in [-0.2, -0.15) is 4.73 Å². The normalized spacial score (nSPS) is 22.5. The second-order valence-corrected chi connectivity index (χ2v) is 7.99. The van der Waals surface area contributed by atoms with Crippen LogP contribution in [0.2, 0.25) is 5.02 Å². The van der Waals surface area contributed by atoms with E-state index >= 15 is 0 Å². The smallest absolute Gasteiger partial charge is 0.254 e. The van der Waals surface area contributed by atoms with Gasteiger partial charge in [0, 0.05) is 48.9 Å². The highest BCUT2D eigenvalue weighted by Crippen LogP contribution is 2.41. The first-order chi connectivity index (χ1) is 13.4. The minimum atomic E-state index is -0.00118. The highest BCUT2D eigenvalue weighted by Gasteiger charge is 2.47. The van der Waals surface area contributed by atoms with Crippen molar-refractivity contribution in [2.75, 3.05) is 20.2 Å². The summed E-state index contributed by atoms with van der Waals surface area (Å²) < 4.78 is 6.05. The lowest BCUT2D eigenvalue weighted by atomic mass is 10.0. The van der Waals surface area contributed by atoms with Gasteiger partial charge in [0.15, 0.2) is 12.4 Å². The Morgan fingerprint density at radius 2 is 1.96 bits per heavy atom. The van der Waals surface area contributed by atoms with E-state index in [2.05, 4.69) is 11.8 Å². The van der Waals surface area contributed by atoms with Crippen molar-refractivity contribution in [1.29, 1.82) is 0 Å². The molecule has 2 aliphatic heterocycles. The zero-order valence-corrected chi connectivity index (χ0v) is 17.0. The molecular formula is C21H24ClN3O3. The Labute approximate surface area is 169 Å². The molecule has 0 radical (unpaired) electrons. The summed E-state index contributed by atoms with van der Waals surface area (Å²) in [6, 6.07) is 7.85. The van der Waals surface area contributed by atoms with Crippen molar-refractivity contribution in [3.8, 4) is 5.75 Å². The predicted octanol–water partition coefficient (Wildman–Crippen LogP) is 2.95. The van der Waals surface area contributed by atoms with Gasteiger partial charge in [0.25, 0.3) is 5.91 Å². The zero-order chi connectivity index (χ0) is 20.0. The Morgan fingerprint density at radius 1 is 1.25 bits per heavy atom. The fourth-order valence-electron chi connectivity index (χ4n) is 4.55. The maximum Gasteiger partial charge on any atom is 0.254 e. The Hall–Kier alpha value is -2.31. The summed E-state index contributed by atoms with van der Waals surface area (Å²) in [4.78, 5) is 17.2. The van der Waals surface area contributed by atoms with Gasteiger partial charge in [-0.05, 0) is 31.9 Å². The topological polar surface area (TPSA) is 59.7 Å². The molecule has 0 aliphatic carbocycles. The molecule has 2 bridgehead atoms. The van der Waals surface area contributed by atoms with Crippen molar-refractivity contribution < 1.29 is 14.3 Å². The minimum Gasteiger partial charge on any atom is -0.619 e. The third-order valence-electron chi connectivity index (χ3n) is 6.13. The van der Waals surface area contributed by atoms with E-state index in [9.17, 15) is 10.0 Å². The van der Waals surface area contributed by atoms with Gasteiger partial charge in [-0.25, -0.2) is 0 Å². The van der Waals surface area contributed by atoms with Crippen molar-refractivity contribution in [3.63, 3.8) is 0 Å². The fourth-order valence-corrected chi connectivity index (χ4v) is 4.87. The van der Waals surface area contributed by atoms with Crippen molar-refractivity contribution in [1.82, 2.24) is 9.80 Å². The van der Waals surface area contributed by atoms with Gasteiger partial charge >= 0.3 is 0 Å². The van der Waals surface area contributed by atoms with Crippen molar-refractivity contribution >= 4 is 17.5 Å². The van der Waals surface area contributed by atoms with Crippen LogP contribution in [0.3, 0.4) is 0 Å². The molecule has 0 N–H and O–H groups in total. The van der Waals surface area contributed by atoms with E-state index in [4.69, 9.17) is 16.3 Å². The fraction of sp³-hybridized carbons (Fsp3) is 0.429. The van der Waals surface area contributed by atoms with Crippen LogP contribution in [0.5, 0.6) is 5.75 Å². The maximum absolute atomic E-state index is 12.8. The van der Waals surface area contributed by atoms with Gasteiger partial charge in [-0.1, -0.05) is 17.7 Å². The van der Waals surface area contributed by atoms with E-state index in [-0.39, 0.29) is 18.0 Å². The number of benzene rings is 1. The third-order valence-corrected chi connectivity index (χ3v) is 6.63. The van der Waals surface area contributed by atoms with Gasteiger partial charge < -0.3 is 14.8 Å². The lowest BCUT2D eigenvalue weighted by Gasteiger charge is -2.38. The number of likely N-dealkylation sites (tertiary alicyclic amines) is 2. The number of piperazine rings is 1. The van der Waals surface area contributed by atoms with Crippen molar-refractivity contribution in [2.45, 2.75) is 38.4 Å². The van der Waals surface area contributed by atoms with Gasteiger partial charge in [-0.3, -0.25) is 9.69 Å². The van der Waals surface area contributed by atoms with E-state index in [1.165, 1.54) is 12.4 Å². The van der Waals surface area contributed by atoms with E-state index in [1.807, 2.05) is 24.0 Å². The second kappa shape index (κ2) is 7.26. The molecule has 3 atom stereocenters. The number of fused-ring (bicyclic) bond motifs is 2. The number of amides is 1. The molecule has 2 saturated heterocycles. The maximum atomic E-state index is 12.8. The van der Waals surface area contributed by atoms with Crippen LogP contribution in [0.25, 0.3) is 0 Å². The summed E-state index contributed by atoms with van der Waals surface area (Å²) in [5.74, 6) is 0.793. The summed E-state index contributed by atoms with van der Waals surface area (Å²) in [5.41, 5.74) is 2.61. The standard InChI is InChI=1S/C21H24ClN3O3/c1-13-19(28-3)5-4-18(20(13)22)14(2)24-11-17-10-16(24)12-25(17)21(26)15-6-8-23(27)9-7-15/h4-9,14,16-17H,10-12H2,1-3H3/t14-,16-,17-/m0/s1. The molecule has 2 fully saturated rings. The summed E-state index contributed by atoms with van der Waals surface area (Å²) in [7, 11) is 1.65. The van der Waals surface area contributed by atoms with Crippen LogP contribution >= 0.6 is 11.6 Å². The number of rotatable bonds is 4. The number of hydrogen-bond acceptors (Lipinski definition) is 4. The first kappa shape index (κ1) is 19.0. The Morgan fingerprint density at radius 3 is 2.57 bits per heavy atom. The number of methoxy groups -OCH3 is 1. The van der Waals surface area contributed by atoms with Crippen molar-refractivity contribution in [2.24, 2.45) is 0 Å². The molecular weight excluding hydrogens is 378 g/mol. The summed E-state index contributed by atoms with van der Waals surface area (Å²) in [5, 5.41) is 12.0. The Bertz CT molecular complexity index is 903. The first-order valence-corrected chi connectivity index (χ1v) is 9.87. The van der Waals surface area contributed by atoms with Gasteiger partial charge in [0.1, 0.15) is 5.75 Å². The molecule has 0 saturated carbocycles. The van der Waals surface area contributed by atoms with Crippen LogP contribution < -0.4 is 9.47 Å². The number of ether oxygens (including phenoxy) is 1. The van der Waals surface area contributed by atoms with Crippen LogP contribution in [0, 0.1) is 12.1 Å². The number of aromatic nitrogens is 1. The molecule has 0 spiro atoms. The van der Waals surface area contributed by atoms with Crippen LogP contribution in [-0.4, -0.2) is 48.0 Å². The third kappa shape index (κ3) is 3.10. The molecule has 0 unspecified atom stereocenters. The zero-order valence-electron chi connectivity index (χ0n) is 16.3. The molecule has 2 aromatic rings. The average Bonchev–Trinajstić information content (AvgIpc) is 3.30. The second-order valence-electron chi connectivity index (χ2n) is 7.62. The van der Waals surface area contributed by atoms with E-state index in [0.29, 0.717) is 22.9 Å². The van der Waals surface area contributed by atoms with Gasteiger partial charge in [0.2, 0.25) is 0 Å². The molecule has 1 aromatic heterocycles. The molecule has 3 heterocycles. The molecule has 28 heavy (non-hydrogen) atoms. The Balaban J connectivity index is 1.49. The van der Waals surface area contributed by atoms with Gasteiger partial charge in [-0.15, -0.1) is 0 Å². The molecule has 1 amide bonds. The lowest BCUT2D eigenvalue weighted by Crippen LogP contribution is -2.49. The Kier molecular flexibility index (Phi) is 4.93. The number of nitrogens with zero attached hydrogens (tertiary/aromatic N) is 3. The monoisotopic (exact) mass is 401 g/mol. The van der Waals surface area contributed by atoms with Crippen LogP contribution in [0.4, 0.5) is 0 Å². The number of hydrogen-bond donors (Lipinski definition) is 0. The minimum absolute atomic E-state index is 0.00118. The predicted molar refractivity (Wildman–Crippen MR) is 106 cm³/mol. The molecule has 4 rings (SSSR count). The number of carbonyl (C=O) groups excluding carboxylic acids is 1. The van der Waals surface area contributed by atoms with E-state index < -0.39 is 0 Å². The van der Waals surface area contributed by atoms with Gasteiger partial charge in [0.05, 0.1) is 17.7 Å². The van der Waals surface area contributed by atoms with Crippen LogP contribution in [-0.2, 0) is 0 Å². The molecule has 6 nitrogen and oxygen atoms in total. The van der Waals surface area contributed by atoms with Crippen LogP contribution in [0.15, 0.2) is 36.7 Å². The number of halogens is 1. The van der Waals surface area contributed by atoms with E-state index in [0.717, 1.165) is 34.9 Å². The SMILES string of the molecule is COc1ccc([C@H](C)N2C[C@@H]3C[C@H]2CN3C(=O)c2cc[n+]([O-])cc2)c(Cl)c1C.